The van der Waals surface area contributed by atoms with Crippen molar-refractivity contribution >= 4 is 43.6 Å². The van der Waals surface area contributed by atoms with Gasteiger partial charge in [-0.1, -0.05) is 29.8 Å². The molecule has 1 heterocycles. The summed E-state index contributed by atoms with van der Waals surface area (Å²) < 4.78 is 0.779. The van der Waals surface area contributed by atoms with E-state index in [4.69, 9.17) is 0 Å². The highest BCUT2D eigenvalue weighted by atomic mass is 79.9. The SMILES string of the molecule is CC(C)C(Br)C(=O)Nc1ncccc1Br. The summed E-state index contributed by atoms with van der Waals surface area (Å²) in [6.07, 6.45) is 1.64. The lowest BCUT2D eigenvalue weighted by molar-refractivity contribution is -0.116. The van der Waals surface area contributed by atoms with Crippen LogP contribution in [0.5, 0.6) is 0 Å². The van der Waals surface area contributed by atoms with Crippen LogP contribution >= 0.6 is 31.9 Å². The number of hydrogen-bond donors (Lipinski definition) is 1. The highest BCUT2D eigenvalue weighted by Crippen LogP contribution is 2.20. The second-order valence-electron chi connectivity index (χ2n) is 3.47. The molecular weight excluding hydrogens is 324 g/mol. The van der Waals surface area contributed by atoms with Crippen molar-refractivity contribution in [3.05, 3.63) is 22.8 Å². The predicted molar refractivity (Wildman–Crippen MR) is 68.1 cm³/mol. The van der Waals surface area contributed by atoms with Gasteiger partial charge in [0.2, 0.25) is 5.91 Å². The summed E-state index contributed by atoms with van der Waals surface area (Å²) in [6, 6.07) is 3.63. The summed E-state index contributed by atoms with van der Waals surface area (Å²) in [4.78, 5) is 15.5. The summed E-state index contributed by atoms with van der Waals surface area (Å²) >= 11 is 6.65. The van der Waals surface area contributed by atoms with Crippen LogP contribution in [0, 0.1) is 5.92 Å². The number of anilines is 1. The first-order valence-electron chi connectivity index (χ1n) is 4.58. The number of carbonyl (C=O) groups is 1. The van der Waals surface area contributed by atoms with Gasteiger partial charge in [0.1, 0.15) is 5.82 Å². The van der Waals surface area contributed by atoms with Gasteiger partial charge in [-0.15, -0.1) is 0 Å². The maximum Gasteiger partial charge on any atom is 0.239 e. The number of rotatable bonds is 3. The first-order chi connectivity index (χ1) is 7.02. The third-order valence-corrected chi connectivity index (χ3v) is 3.95. The van der Waals surface area contributed by atoms with Crippen LogP contribution in [-0.4, -0.2) is 15.7 Å². The largest absolute Gasteiger partial charge is 0.309 e. The fourth-order valence-corrected chi connectivity index (χ4v) is 1.43. The Morgan fingerprint density at radius 2 is 2.20 bits per heavy atom. The Hall–Kier alpha value is -0.420. The summed E-state index contributed by atoms with van der Waals surface area (Å²) in [5.41, 5.74) is 0. The van der Waals surface area contributed by atoms with E-state index in [1.165, 1.54) is 0 Å². The minimum atomic E-state index is -0.202. The van der Waals surface area contributed by atoms with Crippen molar-refractivity contribution in [2.75, 3.05) is 5.32 Å². The molecule has 1 rings (SSSR count). The lowest BCUT2D eigenvalue weighted by Crippen LogP contribution is -2.27. The molecule has 1 unspecified atom stereocenters. The third kappa shape index (κ3) is 3.57. The summed E-state index contributed by atoms with van der Waals surface area (Å²) in [7, 11) is 0. The summed E-state index contributed by atoms with van der Waals surface area (Å²) in [5, 5.41) is 2.75. The monoisotopic (exact) mass is 334 g/mol. The van der Waals surface area contributed by atoms with E-state index in [0.29, 0.717) is 5.82 Å². The molecule has 0 fully saturated rings. The molecule has 1 amide bonds. The topological polar surface area (TPSA) is 42.0 Å². The van der Waals surface area contributed by atoms with Crippen LogP contribution in [0.2, 0.25) is 0 Å². The maximum atomic E-state index is 11.7. The molecule has 5 heteroatoms. The van der Waals surface area contributed by atoms with Gasteiger partial charge in [-0.25, -0.2) is 4.98 Å². The van der Waals surface area contributed by atoms with Crippen LogP contribution in [0.25, 0.3) is 0 Å². The van der Waals surface area contributed by atoms with Gasteiger partial charge >= 0.3 is 0 Å². The van der Waals surface area contributed by atoms with E-state index in [1.54, 1.807) is 12.3 Å². The lowest BCUT2D eigenvalue weighted by Gasteiger charge is -2.13. The Kier molecular flexibility index (Phi) is 4.73. The summed E-state index contributed by atoms with van der Waals surface area (Å²) in [6.45, 7) is 3.96. The molecule has 0 aliphatic rings. The van der Waals surface area contributed by atoms with Crippen molar-refractivity contribution in [1.29, 1.82) is 0 Å². The number of amides is 1. The van der Waals surface area contributed by atoms with Gasteiger partial charge in [-0.05, 0) is 34.0 Å². The number of pyridine rings is 1. The highest BCUT2D eigenvalue weighted by molar-refractivity contribution is 9.10. The van der Waals surface area contributed by atoms with Crippen LogP contribution < -0.4 is 5.32 Å². The van der Waals surface area contributed by atoms with Gasteiger partial charge < -0.3 is 5.32 Å². The molecule has 0 radical (unpaired) electrons. The Labute approximate surface area is 106 Å². The number of alkyl halides is 1. The first kappa shape index (κ1) is 12.6. The van der Waals surface area contributed by atoms with Crippen LogP contribution in [-0.2, 0) is 4.79 Å². The third-order valence-electron chi connectivity index (χ3n) is 1.84. The predicted octanol–water partition coefficient (Wildman–Crippen LogP) is 3.20. The molecule has 1 atom stereocenters. The first-order valence-corrected chi connectivity index (χ1v) is 6.28. The second-order valence-corrected chi connectivity index (χ2v) is 5.31. The molecule has 0 aliphatic heterocycles. The number of aromatic nitrogens is 1. The fraction of sp³-hybridized carbons (Fsp3) is 0.400. The van der Waals surface area contributed by atoms with Crippen LogP contribution in [0.3, 0.4) is 0 Å². The molecule has 15 heavy (non-hydrogen) atoms. The molecule has 0 saturated heterocycles. The number of nitrogens with zero attached hydrogens (tertiary/aromatic N) is 1. The number of hydrogen-bond acceptors (Lipinski definition) is 2. The lowest BCUT2D eigenvalue weighted by atomic mass is 10.1. The van der Waals surface area contributed by atoms with Crippen molar-refractivity contribution in [2.45, 2.75) is 18.7 Å². The minimum absolute atomic E-state index is 0.0793. The fourth-order valence-electron chi connectivity index (χ4n) is 0.966. The van der Waals surface area contributed by atoms with Crippen molar-refractivity contribution in [3.63, 3.8) is 0 Å². The zero-order valence-corrected chi connectivity index (χ0v) is 11.7. The normalized spacial score (nSPS) is 12.6. The van der Waals surface area contributed by atoms with Crippen LogP contribution in [0.15, 0.2) is 22.8 Å². The van der Waals surface area contributed by atoms with E-state index < -0.39 is 0 Å². The minimum Gasteiger partial charge on any atom is -0.309 e. The molecule has 0 saturated carbocycles. The van der Waals surface area contributed by atoms with Crippen molar-refractivity contribution in [1.82, 2.24) is 4.98 Å². The molecule has 1 aromatic heterocycles. The van der Waals surface area contributed by atoms with Gasteiger partial charge in [0.15, 0.2) is 0 Å². The second kappa shape index (κ2) is 5.61. The molecule has 0 spiro atoms. The molecular formula is C10H12Br2N2O. The van der Waals surface area contributed by atoms with E-state index in [2.05, 4.69) is 42.2 Å². The van der Waals surface area contributed by atoms with Gasteiger partial charge in [0.05, 0.1) is 9.30 Å². The van der Waals surface area contributed by atoms with E-state index in [1.807, 2.05) is 19.9 Å². The zero-order chi connectivity index (χ0) is 11.4. The van der Waals surface area contributed by atoms with Crippen LogP contribution in [0.1, 0.15) is 13.8 Å². The van der Waals surface area contributed by atoms with E-state index in [9.17, 15) is 4.79 Å². The molecule has 0 aliphatic carbocycles. The number of carbonyl (C=O) groups excluding carboxylic acids is 1. The van der Waals surface area contributed by atoms with Gasteiger partial charge in [0.25, 0.3) is 0 Å². The van der Waals surface area contributed by atoms with Crippen LogP contribution in [0.4, 0.5) is 5.82 Å². The number of nitrogens with one attached hydrogen (secondary N) is 1. The quantitative estimate of drug-likeness (QED) is 0.862. The van der Waals surface area contributed by atoms with Crippen molar-refractivity contribution in [3.8, 4) is 0 Å². The smallest absolute Gasteiger partial charge is 0.239 e. The van der Waals surface area contributed by atoms with Gasteiger partial charge in [-0.2, -0.15) is 0 Å². The molecule has 0 aromatic carbocycles. The van der Waals surface area contributed by atoms with Crippen molar-refractivity contribution in [2.24, 2.45) is 5.92 Å². The molecule has 3 nitrogen and oxygen atoms in total. The van der Waals surface area contributed by atoms with Gasteiger partial charge in [0, 0.05) is 6.20 Å². The van der Waals surface area contributed by atoms with E-state index >= 15 is 0 Å². The zero-order valence-electron chi connectivity index (χ0n) is 8.50. The standard InChI is InChI=1S/C10H12Br2N2O/c1-6(2)8(12)10(15)14-9-7(11)4-3-5-13-9/h3-6,8H,1-2H3,(H,13,14,15). The molecule has 1 N–H and O–H groups in total. The van der Waals surface area contributed by atoms with E-state index in [-0.39, 0.29) is 16.7 Å². The van der Waals surface area contributed by atoms with Crippen molar-refractivity contribution < 1.29 is 4.79 Å². The summed E-state index contributed by atoms with van der Waals surface area (Å²) in [5.74, 6) is 0.712. The Morgan fingerprint density at radius 1 is 1.53 bits per heavy atom. The van der Waals surface area contributed by atoms with Gasteiger partial charge in [-0.3, -0.25) is 4.79 Å². The Balaban J connectivity index is 2.71. The molecule has 0 bridgehead atoms. The van der Waals surface area contributed by atoms with E-state index in [0.717, 1.165) is 4.47 Å². The average Bonchev–Trinajstić information content (AvgIpc) is 2.20. The maximum absolute atomic E-state index is 11.7. The average molecular weight is 336 g/mol. The highest BCUT2D eigenvalue weighted by Gasteiger charge is 2.19. The molecule has 1 aromatic rings. The Morgan fingerprint density at radius 3 is 2.73 bits per heavy atom. The molecule has 82 valence electrons. The Bertz CT molecular complexity index is 355. The number of halogens is 2.